The molecule has 0 aliphatic carbocycles. The fraction of sp³-hybridized carbons (Fsp3) is 0.882. The molecule has 0 aromatic rings. The molecule has 38 heavy (non-hydrogen) atoms. The Labute approximate surface area is 237 Å². The van der Waals surface area contributed by atoms with Crippen LogP contribution in [-0.4, -0.2) is 35.6 Å². The van der Waals surface area contributed by atoms with Crippen LogP contribution in [0.2, 0.25) is 0 Å². The van der Waals surface area contributed by atoms with E-state index in [0.29, 0.717) is 13.2 Å². The highest BCUT2D eigenvalue weighted by atomic mass is 16.6. The summed E-state index contributed by atoms with van der Waals surface area (Å²) in [6, 6.07) is 0. The molecule has 3 unspecified atom stereocenters. The van der Waals surface area contributed by atoms with Crippen molar-refractivity contribution in [2.24, 2.45) is 0 Å². The fourth-order valence-electron chi connectivity index (χ4n) is 5.40. The molecule has 0 bridgehead atoms. The SMILES string of the molecule is CCCCCCC(C)O.CCCCCCCCC1(COCC2(CCCCCCCC)CC=CO2)CC=CO1. The zero-order valence-corrected chi connectivity index (χ0v) is 25.8. The molecular weight excluding hydrogens is 472 g/mol. The van der Waals surface area contributed by atoms with Gasteiger partial charge in [0.1, 0.15) is 11.2 Å². The third kappa shape index (κ3) is 16.9. The zero-order valence-electron chi connectivity index (χ0n) is 25.8. The van der Waals surface area contributed by atoms with Crippen LogP contribution in [0.4, 0.5) is 0 Å². The molecule has 4 nitrogen and oxygen atoms in total. The first-order chi connectivity index (χ1) is 18.5. The van der Waals surface area contributed by atoms with Gasteiger partial charge in [-0.2, -0.15) is 0 Å². The van der Waals surface area contributed by atoms with Crippen molar-refractivity contribution >= 4 is 0 Å². The molecule has 0 spiro atoms. The molecule has 2 aliphatic heterocycles. The molecule has 2 heterocycles. The van der Waals surface area contributed by atoms with Crippen molar-refractivity contribution in [3.05, 3.63) is 24.7 Å². The molecule has 0 aromatic carbocycles. The molecular formula is C34H64O4. The molecule has 0 fully saturated rings. The maximum atomic E-state index is 8.85. The van der Waals surface area contributed by atoms with E-state index in [2.05, 4.69) is 32.9 Å². The van der Waals surface area contributed by atoms with Crippen LogP contribution in [0.15, 0.2) is 24.7 Å². The Balaban J connectivity index is 0.000000686. The van der Waals surface area contributed by atoms with E-state index in [1.165, 1.54) is 103 Å². The first-order valence-corrected chi connectivity index (χ1v) is 16.4. The summed E-state index contributed by atoms with van der Waals surface area (Å²) in [6.45, 7) is 9.95. The van der Waals surface area contributed by atoms with Crippen molar-refractivity contribution in [3.63, 3.8) is 0 Å². The smallest absolute Gasteiger partial charge is 0.135 e. The van der Waals surface area contributed by atoms with Crippen molar-refractivity contribution in [3.8, 4) is 0 Å². The number of hydrogen-bond donors (Lipinski definition) is 1. The summed E-state index contributed by atoms with van der Waals surface area (Å²) < 4.78 is 18.3. The lowest BCUT2D eigenvalue weighted by atomic mass is 9.92. The van der Waals surface area contributed by atoms with E-state index in [1.807, 2.05) is 19.4 Å². The molecule has 1 N–H and O–H groups in total. The highest BCUT2D eigenvalue weighted by molar-refractivity contribution is 5.00. The monoisotopic (exact) mass is 536 g/mol. The Hall–Kier alpha value is -1.00. The maximum absolute atomic E-state index is 8.85. The minimum atomic E-state index is -0.141. The van der Waals surface area contributed by atoms with Crippen LogP contribution in [0.1, 0.15) is 163 Å². The van der Waals surface area contributed by atoms with E-state index < -0.39 is 0 Å². The second-order valence-corrected chi connectivity index (χ2v) is 12.0. The molecule has 0 amide bonds. The van der Waals surface area contributed by atoms with Crippen LogP contribution in [0.25, 0.3) is 0 Å². The van der Waals surface area contributed by atoms with Crippen LogP contribution in [0.5, 0.6) is 0 Å². The Bertz CT molecular complexity index is 525. The van der Waals surface area contributed by atoms with E-state index in [9.17, 15) is 0 Å². The Morgan fingerprint density at radius 2 is 1.03 bits per heavy atom. The summed E-state index contributed by atoms with van der Waals surface area (Å²) >= 11 is 0. The number of aliphatic hydroxyl groups excluding tert-OH is 1. The molecule has 0 radical (unpaired) electrons. The van der Waals surface area contributed by atoms with Gasteiger partial charge in [0.15, 0.2) is 0 Å². The summed E-state index contributed by atoms with van der Waals surface area (Å²) in [7, 11) is 0. The maximum Gasteiger partial charge on any atom is 0.135 e. The molecule has 0 aromatic heterocycles. The lowest BCUT2D eigenvalue weighted by Crippen LogP contribution is -2.39. The van der Waals surface area contributed by atoms with Gasteiger partial charge in [-0.05, 0) is 51.2 Å². The summed E-state index contributed by atoms with van der Waals surface area (Å²) in [6.07, 6.45) is 34.0. The summed E-state index contributed by atoms with van der Waals surface area (Å²) in [5, 5.41) is 8.85. The van der Waals surface area contributed by atoms with Gasteiger partial charge in [-0.15, -0.1) is 0 Å². The first kappa shape index (κ1) is 35.0. The van der Waals surface area contributed by atoms with Crippen LogP contribution < -0.4 is 0 Å². The van der Waals surface area contributed by atoms with Crippen molar-refractivity contribution in [2.45, 2.75) is 180 Å². The van der Waals surface area contributed by atoms with Gasteiger partial charge in [-0.3, -0.25) is 0 Å². The molecule has 2 aliphatic rings. The zero-order chi connectivity index (χ0) is 27.8. The van der Waals surface area contributed by atoms with Crippen molar-refractivity contribution < 1.29 is 19.3 Å². The summed E-state index contributed by atoms with van der Waals surface area (Å²) in [4.78, 5) is 0. The molecule has 2 rings (SSSR count). The standard InChI is InChI=1S/C26H46O3.C8H18O/c1-3-5-7-9-11-13-17-25(19-15-21-28-25)23-27-24-26(20-16-22-29-26)18-14-12-10-8-6-4-2;1-3-4-5-6-7-8(2)9/h15-16,21-22H,3-14,17-20,23-24H2,1-2H3;8-9H,3-7H2,1-2H3. The van der Waals surface area contributed by atoms with Gasteiger partial charge in [0, 0.05) is 12.8 Å². The summed E-state index contributed by atoms with van der Waals surface area (Å²) in [5.74, 6) is 0. The lowest BCUT2D eigenvalue weighted by Gasteiger charge is -2.33. The minimum absolute atomic E-state index is 0.0955. The van der Waals surface area contributed by atoms with Gasteiger partial charge >= 0.3 is 0 Å². The molecule has 0 saturated heterocycles. The van der Waals surface area contributed by atoms with E-state index >= 15 is 0 Å². The Morgan fingerprint density at radius 3 is 1.39 bits per heavy atom. The van der Waals surface area contributed by atoms with Gasteiger partial charge in [-0.1, -0.05) is 111 Å². The number of hydrogen-bond acceptors (Lipinski definition) is 4. The van der Waals surface area contributed by atoms with Gasteiger partial charge in [0.05, 0.1) is 31.8 Å². The van der Waals surface area contributed by atoms with Gasteiger partial charge in [0.25, 0.3) is 0 Å². The molecule has 3 atom stereocenters. The number of unbranched alkanes of at least 4 members (excludes halogenated alkanes) is 13. The highest BCUT2D eigenvalue weighted by Gasteiger charge is 2.37. The Morgan fingerprint density at radius 1 is 0.632 bits per heavy atom. The average molecular weight is 537 g/mol. The number of ether oxygens (including phenoxy) is 3. The third-order valence-electron chi connectivity index (χ3n) is 7.99. The van der Waals surface area contributed by atoms with Crippen molar-refractivity contribution in [1.29, 1.82) is 0 Å². The van der Waals surface area contributed by atoms with E-state index in [1.54, 1.807) is 0 Å². The van der Waals surface area contributed by atoms with Crippen LogP contribution in [0, 0.1) is 0 Å². The van der Waals surface area contributed by atoms with E-state index in [-0.39, 0.29) is 17.3 Å². The van der Waals surface area contributed by atoms with Gasteiger partial charge < -0.3 is 19.3 Å². The quantitative estimate of drug-likeness (QED) is 0.132. The van der Waals surface area contributed by atoms with Crippen LogP contribution in [-0.2, 0) is 14.2 Å². The molecule has 4 heteroatoms. The van der Waals surface area contributed by atoms with Gasteiger partial charge in [0.2, 0.25) is 0 Å². The average Bonchev–Trinajstić information content (AvgIpc) is 3.57. The summed E-state index contributed by atoms with van der Waals surface area (Å²) in [5.41, 5.74) is -0.281. The first-order valence-electron chi connectivity index (χ1n) is 16.4. The largest absolute Gasteiger partial charge is 0.492 e. The molecule has 0 saturated carbocycles. The minimum Gasteiger partial charge on any atom is -0.492 e. The van der Waals surface area contributed by atoms with Crippen LogP contribution in [0.3, 0.4) is 0 Å². The predicted molar refractivity (Wildman–Crippen MR) is 162 cm³/mol. The lowest BCUT2D eigenvalue weighted by molar-refractivity contribution is -0.0967. The van der Waals surface area contributed by atoms with Crippen molar-refractivity contribution in [2.75, 3.05) is 13.2 Å². The van der Waals surface area contributed by atoms with Crippen molar-refractivity contribution in [1.82, 2.24) is 0 Å². The van der Waals surface area contributed by atoms with E-state index in [0.717, 1.165) is 32.1 Å². The second-order valence-electron chi connectivity index (χ2n) is 12.0. The molecule has 224 valence electrons. The third-order valence-corrected chi connectivity index (χ3v) is 7.99. The second kappa shape index (κ2) is 22.8. The van der Waals surface area contributed by atoms with Crippen LogP contribution >= 0.6 is 0 Å². The van der Waals surface area contributed by atoms with E-state index in [4.69, 9.17) is 19.3 Å². The predicted octanol–water partition coefficient (Wildman–Crippen LogP) is 10.2. The topological polar surface area (TPSA) is 47.9 Å². The Kier molecular flexibility index (Phi) is 21.0. The normalized spacial score (nSPS) is 22.7. The highest BCUT2D eigenvalue weighted by Crippen LogP contribution is 2.33. The fourth-order valence-corrected chi connectivity index (χ4v) is 5.40. The number of rotatable bonds is 23. The number of aliphatic hydroxyl groups is 1. The van der Waals surface area contributed by atoms with Gasteiger partial charge in [-0.25, -0.2) is 0 Å².